The van der Waals surface area contributed by atoms with E-state index in [2.05, 4.69) is 19.2 Å². The summed E-state index contributed by atoms with van der Waals surface area (Å²) in [5.41, 5.74) is 1.09. The van der Waals surface area contributed by atoms with Gasteiger partial charge in [0, 0.05) is 38.6 Å². The Kier molecular flexibility index (Phi) is 8.36. The van der Waals surface area contributed by atoms with E-state index in [1.54, 1.807) is 4.90 Å². The quantitative estimate of drug-likeness (QED) is 0.753. The number of urea groups is 1. The molecule has 1 rings (SSSR count). The Morgan fingerprint density at radius 2 is 1.96 bits per heavy atom. The van der Waals surface area contributed by atoms with Crippen molar-refractivity contribution in [1.29, 1.82) is 0 Å². The highest BCUT2D eigenvalue weighted by Crippen LogP contribution is 2.09. The molecule has 1 N–H and O–H groups in total. The summed E-state index contributed by atoms with van der Waals surface area (Å²) in [4.78, 5) is 28.4. The lowest BCUT2D eigenvalue weighted by atomic mass is 10.2. The van der Waals surface area contributed by atoms with E-state index in [0.29, 0.717) is 32.1 Å². The third-order valence-electron chi connectivity index (χ3n) is 3.78. The molecular weight excluding hydrogens is 304 g/mol. The van der Waals surface area contributed by atoms with Gasteiger partial charge in [0.2, 0.25) is 5.91 Å². The predicted octanol–water partition coefficient (Wildman–Crippen LogP) is 2.45. The van der Waals surface area contributed by atoms with Crippen molar-refractivity contribution in [2.75, 3.05) is 26.2 Å². The summed E-state index contributed by atoms with van der Waals surface area (Å²) in [5, 5.41) is 2.78. The Bertz CT molecular complexity index is 525. The van der Waals surface area contributed by atoms with Crippen LogP contribution in [0.1, 0.15) is 39.8 Å². The second-order valence-electron chi connectivity index (χ2n) is 6.54. The molecule has 6 heteroatoms. The first-order valence-electron chi connectivity index (χ1n) is 8.79. The first-order chi connectivity index (χ1) is 11.4. The van der Waals surface area contributed by atoms with Gasteiger partial charge in [0.25, 0.3) is 0 Å². The summed E-state index contributed by atoms with van der Waals surface area (Å²) in [6.07, 6.45) is 2.80. The molecule has 1 aromatic rings. The largest absolute Gasteiger partial charge is 0.353 e. The van der Waals surface area contributed by atoms with Crippen LogP contribution in [0.2, 0.25) is 0 Å². The maximum atomic E-state index is 12.8. The van der Waals surface area contributed by atoms with Crippen molar-refractivity contribution in [2.24, 2.45) is 13.0 Å². The molecule has 1 aromatic heterocycles. The van der Waals surface area contributed by atoms with Crippen molar-refractivity contribution in [2.45, 2.75) is 40.7 Å². The Labute approximate surface area is 145 Å². The fourth-order valence-corrected chi connectivity index (χ4v) is 2.60. The van der Waals surface area contributed by atoms with Crippen molar-refractivity contribution < 1.29 is 9.59 Å². The van der Waals surface area contributed by atoms with E-state index in [-0.39, 0.29) is 18.5 Å². The SMILES string of the molecule is CCCN(CC(=O)N(Cc1cccn1C)CC(C)C)C(=O)NCC. The summed E-state index contributed by atoms with van der Waals surface area (Å²) < 4.78 is 2.02. The van der Waals surface area contributed by atoms with Crippen molar-refractivity contribution >= 4 is 11.9 Å². The van der Waals surface area contributed by atoms with Crippen LogP contribution in [0.3, 0.4) is 0 Å². The van der Waals surface area contributed by atoms with Crippen LogP contribution in [-0.2, 0) is 18.4 Å². The molecule has 0 spiro atoms. The van der Waals surface area contributed by atoms with Gasteiger partial charge in [0.05, 0.1) is 6.54 Å². The number of rotatable bonds is 9. The third-order valence-corrected chi connectivity index (χ3v) is 3.78. The Morgan fingerprint density at radius 1 is 1.25 bits per heavy atom. The van der Waals surface area contributed by atoms with Gasteiger partial charge in [-0.25, -0.2) is 4.79 Å². The summed E-state index contributed by atoms with van der Waals surface area (Å²) in [6, 6.07) is 3.83. The minimum Gasteiger partial charge on any atom is -0.353 e. The standard InChI is InChI=1S/C18H32N4O2/c1-6-10-21(18(24)19-7-2)14-17(23)22(12-15(3)4)13-16-9-8-11-20(16)5/h8-9,11,15H,6-7,10,12-14H2,1-5H3,(H,19,24). The van der Waals surface area contributed by atoms with Gasteiger partial charge in [-0.05, 0) is 31.4 Å². The number of carbonyl (C=O) groups is 2. The number of hydrogen-bond acceptors (Lipinski definition) is 2. The highest BCUT2D eigenvalue weighted by Gasteiger charge is 2.21. The van der Waals surface area contributed by atoms with E-state index >= 15 is 0 Å². The molecule has 0 saturated carbocycles. The maximum Gasteiger partial charge on any atom is 0.317 e. The molecule has 0 bridgehead atoms. The molecular formula is C18H32N4O2. The fraction of sp³-hybridized carbons (Fsp3) is 0.667. The lowest BCUT2D eigenvalue weighted by Crippen LogP contribution is -2.47. The molecule has 0 radical (unpaired) electrons. The minimum atomic E-state index is -0.170. The number of nitrogens with zero attached hydrogens (tertiary/aromatic N) is 3. The monoisotopic (exact) mass is 336 g/mol. The van der Waals surface area contributed by atoms with Crippen LogP contribution in [0.5, 0.6) is 0 Å². The van der Waals surface area contributed by atoms with Crippen LogP contribution in [0, 0.1) is 5.92 Å². The summed E-state index contributed by atoms with van der Waals surface area (Å²) in [6.45, 7) is 10.6. The van der Waals surface area contributed by atoms with Crippen LogP contribution in [0.25, 0.3) is 0 Å². The van der Waals surface area contributed by atoms with Gasteiger partial charge in [0.15, 0.2) is 0 Å². The molecule has 24 heavy (non-hydrogen) atoms. The van der Waals surface area contributed by atoms with Crippen LogP contribution in [0.15, 0.2) is 18.3 Å². The molecule has 0 aliphatic carbocycles. The Balaban J connectivity index is 2.81. The normalized spacial score (nSPS) is 10.8. The average molecular weight is 336 g/mol. The van der Waals surface area contributed by atoms with E-state index in [4.69, 9.17) is 0 Å². The Morgan fingerprint density at radius 3 is 2.46 bits per heavy atom. The lowest BCUT2D eigenvalue weighted by molar-refractivity contribution is -0.133. The topological polar surface area (TPSA) is 57.6 Å². The van der Waals surface area contributed by atoms with E-state index in [9.17, 15) is 9.59 Å². The van der Waals surface area contributed by atoms with Gasteiger partial charge in [0.1, 0.15) is 6.54 Å². The summed E-state index contributed by atoms with van der Waals surface area (Å²) in [5.74, 6) is 0.364. The molecule has 3 amide bonds. The smallest absolute Gasteiger partial charge is 0.317 e. The highest BCUT2D eigenvalue weighted by atomic mass is 16.2. The van der Waals surface area contributed by atoms with Gasteiger partial charge in [-0.15, -0.1) is 0 Å². The van der Waals surface area contributed by atoms with Gasteiger partial charge < -0.3 is 19.7 Å². The number of amides is 3. The van der Waals surface area contributed by atoms with E-state index in [1.807, 2.05) is 48.7 Å². The zero-order valence-corrected chi connectivity index (χ0v) is 15.7. The van der Waals surface area contributed by atoms with Crippen LogP contribution >= 0.6 is 0 Å². The molecule has 136 valence electrons. The third kappa shape index (κ3) is 6.26. The second kappa shape index (κ2) is 10.0. The molecule has 0 atom stereocenters. The van der Waals surface area contributed by atoms with E-state index in [0.717, 1.165) is 12.1 Å². The number of hydrogen-bond donors (Lipinski definition) is 1. The zero-order valence-electron chi connectivity index (χ0n) is 15.7. The number of nitrogens with one attached hydrogen (secondary N) is 1. The first kappa shape index (κ1) is 20.1. The lowest BCUT2D eigenvalue weighted by Gasteiger charge is -2.29. The fourth-order valence-electron chi connectivity index (χ4n) is 2.60. The number of carbonyl (C=O) groups excluding carboxylic acids is 2. The summed E-state index contributed by atoms with van der Waals surface area (Å²) in [7, 11) is 1.98. The molecule has 1 heterocycles. The molecule has 0 aromatic carbocycles. The molecule has 0 saturated heterocycles. The van der Waals surface area contributed by atoms with Gasteiger partial charge in [-0.3, -0.25) is 4.79 Å². The molecule has 0 aliphatic rings. The molecule has 0 unspecified atom stereocenters. The van der Waals surface area contributed by atoms with Crippen LogP contribution < -0.4 is 5.32 Å². The first-order valence-corrected chi connectivity index (χ1v) is 8.79. The molecule has 0 aliphatic heterocycles. The van der Waals surface area contributed by atoms with E-state index < -0.39 is 0 Å². The van der Waals surface area contributed by atoms with Crippen LogP contribution in [-0.4, -0.2) is 52.5 Å². The maximum absolute atomic E-state index is 12.8. The molecule has 6 nitrogen and oxygen atoms in total. The average Bonchev–Trinajstić information content (AvgIpc) is 2.91. The highest BCUT2D eigenvalue weighted by molar-refractivity contribution is 5.84. The number of aryl methyl sites for hydroxylation is 1. The summed E-state index contributed by atoms with van der Waals surface area (Å²) >= 11 is 0. The van der Waals surface area contributed by atoms with Crippen molar-refractivity contribution in [3.63, 3.8) is 0 Å². The van der Waals surface area contributed by atoms with Gasteiger partial charge in [-0.1, -0.05) is 20.8 Å². The van der Waals surface area contributed by atoms with Crippen LogP contribution in [0.4, 0.5) is 4.79 Å². The van der Waals surface area contributed by atoms with Gasteiger partial charge >= 0.3 is 6.03 Å². The Hall–Kier alpha value is -1.98. The predicted molar refractivity (Wildman–Crippen MR) is 96.6 cm³/mol. The van der Waals surface area contributed by atoms with Crippen molar-refractivity contribution in [3.8, 4) is 0 Å². The van der Waals surface area contributed by atoms with Crippen molar-refractivity contribution in [1.82, 2.24) is 19.7 Å². The van der Waals surface area contributed by atoms with Gasteiger partial charge in [-0.2, -0.15) is 0 Å². The minimum absolute atomic E-state index is 0.00963. The van der Waals surface area contributed by atoms with Crippen molar-refractivity contribution in [3.05, 3.63) is 24.0 Å². The second-order valence-corrected chi connectivity index (χ2v) is 6.54. The molecule has 0 fully saturated rings. The number of aromatic nitrogens is 1. The zero-order chi connectivity index (χ0) is 18.1. The van der Waals surface area contributed by atoms with E-state index in [1.165, 1.54) is 0 Å².